The molecule has 0 fully saturated rings. The van der Waals surface area contributed by atoms with E-state index < -0.39 is 0 Å². The van der Waals surface area contributed by atoms with Crippen LogP contribution in [0.4, 0.5) is 0 Å². The van der Waals surface area contributed by atoms with Crippen LogP contribution in [-0.4, -0.2) is 15.6 Å². The fourth-order valence-electron chi connectivity index (χ4n) is 1.84. The first-order valence-electron chi connectivity index (χ1n) is 6.90. The minimum Gasteiger partial charge on any atom is -0.487 e. The smallest absolute Gasteiger partial charge is 0.162 e. The monoisotopic (exact) mass is 272 g/mol. The van der Waals surface area contributed by atoms with Crippen LogP contribution in [0.3, 0.4) is 0 Å². The number of aromatic nitrogens is 2. The summed E-state index contributed by atoms with van der Waals surface area (Å²) in [5, 5.41) is 4.42. The van der Waals surface area contributed by atoms with Crippen LogP contribution in [0.1, 0.15) is 49.3 Å². The number of hydrogen-bond acceptors (Lipinski definition) is 3. The van der Waals surface area contributed by atoms with Crippen LogP contribution in [0.25, 0.3) is 0 Å². The predicted molar refractivity (Wildman–Crippen MR) is 78.0 cm³/mol. The molecule has 2 aromatic rings. The first-order valence-corrected chi connectivity index (χ1v) is 6.90. The average molecular weight is 272 g/mol. The van der Waals surface area contributed by atoms with Crippen molar-refractivity contribution in [2.24, 2.45) is 0 Å². The Kier molecular flexibility index (Phi) is 4.56. The molecule has 0 saturated carbocycles. The van der Waals surface area contributed by atoms with Crippen molar-refractivity contribution in [3.8, 4) is 5.75 Å². The average Bonchev–Trinajstić information content (AvgIpc) is 2.94. The lowest BCUT2D eigenvalue weighted by atomic mass is 10.1. The number of carbonyl (C=O) groups excluding carboxylic acids is 1. The summed E-state index contributed by atoms with van der Waals surface area (Å²) in [5.41, 5.74) is 1.62. The molecule has 0 atom stereocenters. The van der Waals surface area contributed by atoms with Gasteiger partial charge in [0.25, 0.3) is 0 Å². The quantitative estimate of drug-likeness (QED) is 0.754. The van der Waals surface area contributed by atoms with Gasteiger partial charge in [0.1, 0.15) is 12.4 Å². The van der Waals surface area contributed by atoms with Crippen LogP contribution in [-0.2, 0) is 6.61 Å². The number of nitrogens with zero attached hydrogens (tertiary/aromatic N) is 2. The second-order valence-corrected chi connectivity index (χ2v) is 4.97. The molecular formula is C16H20N2O2. The lowest BCUT2D eigenvalue weighted by molar-refractivity contribution is 0.0988. The van der Waals surface area contributed by atoms with E-state index in [0.29, 0.717) is 19.1 Å². The summed E-state index contributed by atoms with van der Waals surface area (Å²) >= 11 is 0. The lowest BCUT2D eigenvalue weighted by Gasteiger charge is -2.06. The van der Waals surface area contributed by atoms with Crippen molar-refractivity contribution in [2.45, 2.75) is 39.8 Å². The third-order valence-electron chi connectivity index (χ3n) is 3.08. The number of carbonyl (C=O) groups is 1. The fraction of sp³-hybridized carbons (Fsp3) is 0.375. The van der Waals surface area contributed by atoms with E-state index in [0.717, 1.165) is 17.0 Å². The van der Waals surface area contributed by atoms with E-state index >= 15 is 0 Å². The van der Waals surface area contributed by atoms with E-state index in [2.05, 4.69) is 18.9 Å². The molecule has 0 aliphatic heterocycles. The number of ketones is 1. The van der Waals surface area contributed by atoms with Gasteiger partial charge >= 0.3 is 0 Å². The first kappa shape index (κ1) is 14.3. The normalized spacial score (nSPS) is 10.8. The highest BCUT2D eigenvalue weighted by atomic mass is 16.5. The molecule has 1 aromatic heterocycles. The molecule has 0 spiro atoms. The molecule has 0 radical (unpaired) electrons. The molecule has 0 aliphatic rings. The maximum Gasteiger partial charge on any atom is 0.162 e. The van der Waals surface area contributed by atoms with E-state index in [-0.39, 0.29) is 5.78 Å². The Bertz CT molecular complexity index is 570. The Morgan fingerprint density at radius 1 is 1.25 bits per heavy atom. The number of Topliss-reactive ketones (excluding diaryl/α,β-unsaturated/α-hetero) is 1. The highest BCUT2D eigenvalue weighted by Gasteiger charge is 2.05. The Morgan fingerprint density at radius 3 is 2.50 bits per heavy atom. The van der Waals surface area contributed by atoms with Crippen LogP contribution in [0, 0.1) is 0 Å². The minimum absolute atomic E-state index is 0.146. The minimum atomic E-state index is 0.146. The van der Waals surface area contributed by atoms with E-state index in [1.165, 1.54) is 0 Å². The molecule has 0 N–H and O–H groups in total. The standard InChI is InChI=1S/C16H20N2O2/c1-4-16(19)13-5-7-15(8-6-13)20-11-14-9-10-18(17-14)12(2)3/h5-10,12H,4,11H2,1-3H3. The number of hydrogen-bond donors (Lipinski definition) is 0. The Hall–Kier alpha value is -2.10. The van der Waals surface area contributed by atoms with Gasteiger partial charge in [0.15, 0.2) is 5.78 Å². The third-order valence-corrected chi connectivity index (χ3v) is 3.08. The summed E-state index contributed by atoms with van der Waals surface area (Å²) in [6, 6.07) is 9.55. The van der Waals surface area contributed by atoms with E-state index in [1.54, 1.807) is 12.1 Å². The topological polar surface area (TPSA) is 44.1 Å². The van der Waals surface area contributed by atoms with Gasteiger partial charge in [-0.1, -0.05) is 6.92 Å². The van der Waals surface area contributed by atoms with Gasteiger partial charge in [-0.3, -0.25) is 9.48 Å². The summed E-state index contributed by atoms with van der Waals surface area (Å²) in [7, 11) is 0. The van der Waals surface area contributed by atoms with Crippen LogP contribution in [0.5, 0.6) is 5.75 Å². The summed E-state index contributed by atoms with van der Waals surface area (Å²) in [5.74, 6) is 0.893. The fourth-order valence-corrected chi connectivity index (χ4v) is 1.84. The summed E-state index contributed by atoms with van der Waals surface area (Å²) in [6.45, 7) is 6.46. The molecule has 4 nitrogen and oxygen atoms in total. The second-order valence-electron chi connectivity index (χ2n) is 4.97. The van der Waals surface area contributed by atoms with E-state index in [9.17, 15) is 4.79 Å². The van der Waals surface area contributed by atoms with Gasteiger partial charge in [-0.25, -0.2) is 0 Å². The van der Waals surface area contributed by atoms with Crippen molar-refractivity contribution in [2.75, 3.05) is 0 Å². The Labute approximate surface area is 119 Å². The van der Waals surface area contributed by atoms with Crippen molar-refractivity contribution in [1.29, 1.82) is 0 Å². The highest BCUT2D eigenvalue weighted by Crippen LogP contribution is 2.15. The third kappa shape index (κ3) is 3.47. The number of benzene rings is 1. The van der Waals surface area contributed by atoms with E-state index in [1.807, 2.05) is 36.0 Å². The first-order chi connectivity index (χ1) is 9.60. The van der Waals surface area contributed by atoms with Gasteiger partial charge in [0.05, 0.1) is 5.69 Å². The van der Waals surface area contributed by atoms with Gasteiger partial charge < -0.3 is 4.74 Å². The highest BCUT2D eigenvalue weighted by molar-refractivity contribution is 5.95. The van der Waals surface area contributed by atoms with Crippen LogP contribution < -0.4 is 4.74 Å². The van der Waals surface area contributed by atoms with Gasteiger partial charge in [-0.05, 0) is 44.2 Å². The predicted octanol–water partition coefficient (Wildman–Crippen LogP) is 3.64. The van der Waals surface area contributed by atoms with Gasteiger partial charge in [0.2, 0.25) is 0 Å². The summed E-state index contributed by atoms with van der Waals surface area (Å²) < 4.78 is 7.57. The maximum absolute atomic E-state index is 11.5. The Balaban J connectivity index is 1.95. The molecule has 0 bridgehead atoms. The largest absolute Gasteiger partial charge is 0.487 e. The maximum atomic E-state index is 11.5. The number of ether oxygens (including phenoxy) is 1. The SMILES string of the molecule is CCC(=O)c1ccc(OCc2ccn(C(C)C)n2)cc1. The molecule has 2 rings (SSSR count). The molecule has 0 unspecified atom stereocenters. The second kappa shape index (κ2) is 6.37. The molecule has 1 aromatic carbocycles. The zero-order valence-electron chi connectivity index (χ0n) is 12.2. The Morgan fingerprint density at radius 2 is 1.95 bits per heavy atom. The molecular weight excluding hydrogens is 252 g/mol. The molecule has 1 heterocycles. The van der Waals surface area contributed by atoms with Crippen LogP contribution >= 0.6 is 0 Å². The van der Waals surface area contributed by atoms with Gasteiger partial charge in [-0.2, -0.15) is 5.10 Å². The van der Waals surface area contributed by atoms with Crippen molar-refractivity contribution in [3.05, 3.63) is 47.8 Å². The molecule has 106 valence electrons. The van der Waals surface area contributed by atoms with Crippen molar-refractivity contribution in [1.82, 2.24) is 9.78 Å². The lowest BCUT2D eigenvalue weighted by Crippen LogP contribution is -2.03. The van der Waals surface area contributed by atoms with Crippen molar-refractivity contribution in [3.63, 3.8) is 0 Å². The van der Waals surface area contributed by atoms with Crippen LogP contribution in [0.2, 0.25) is 0 Å². The van der Waals surface area contributed by atoms with Crippen LogP contribution in [0.15, 0.2) is 36.5 Å². The molecule has 0 aliphatic carbocycles. The molecule has 20 heavy (non-hydrogen) atoms. The molecule has 0 amide bonds. The summed E-state index contributed by atoms with van der Waals surface area (Å²) in [4.78, 5) is 11.5. The summed E-state index contributed by atoms with van der Waals surface area (Å²) in [6.07, 6.45) is 2.47. The van der Waals surface area contributed by atoms with Crippen molar-refractivity contribution < 1.29 is 9.53 Å². The van der Waals surface area contributed by atoms with Gasteiger partial charge in [-0.15, -0.1) is 0 Å². The zero-order valence-corrected chi connectivity index (χ0v) is 12.2. The molecule has 4 heteroatoms. The van der Waals surface area contributed by atoms with Crippen molar-refractivity contribution >= 4 is 5.78 Å². The zero-order chi connectivity index (χ0) is 14.5. The molecule has 0 saturated heterocycles. The van der Waals surface area contributed by atoms with Gasteiger partial charge in [0, 0.05) is 24.2 Å². The van der Waals surface area contributed by atoms with E-state index in [4.69, 9.17) is 4.74 Å². The number of rotatable bonds is 6.